The van der Waals surface area contributed by atoms with Crippen LogP contribution in [-0.4, -0.2) is 56.4 Å². The summed E-state index contributed by atoms with van der Waals surface area (Å²) in [6.45, 7) is -0.189. The third-order valence-corrected chi connectivity index (χ3v) is 8.51. The Morgan fingerprint density at radius 1 is 1.07 bits per heavy atom. The van der Waals surface area contributed by atoms with Crippen LogP contribution in [0.4, 0.5) is 27.6 Å². The molecule has 5 rings (SSSR count). The second-order valence-electron chi connectivity index (χ2n) is 11.8. The van der Waals surface area contributed by atoms with Gasteiger partial charge in [0.15, 0.2) is 5.69 Å². The largest absolute Gasteiger partial charge is 0.457 e. The summed E-state index contributed by atoms with van der Waals surface area (Å²) in [5, 5.41) is 12.7. The number of carbonyl (C=O) groups excluding carboxylic acids is 1. The number of nitrogen functional groups attached to an aromatic ring is 1. The lowest BCUT2D eigenvalue weighted by molar-refractivity contribution is -0.158. The molecule has 1 amide bonds. The molecule has 2 fully saturated rings. The molecule has 1 saturated carbocycles. The molecule has 0 unspecified atom stereocenters. The number of nitrogens with two attached hydrogens (primary N) is 1. The van der Waals surface area contributed by atoms with Crippen LogP contribution in [0.2, 0.25) is 0 Å². The van der Waals surface area contributed by atoms with E-state index in [1.165, 1.54) is 35.9 Å². The number of hydrogen-bond acceptors (Lipinski definition) is 7. The Balaban J connectivity index is 1.20. The Bertz CT molecular complexity index is 1540. The van der Waals surface area contributed by atoms with Crippen molar-refractivity contribution >= 4 is 11.6 Å². The van der Waals surface area contributed by atoms with Gasteiger partial charge in [0.25, 0.3) is 5.56 Å². The quantitative estimate of drug-likeness (QED) is 0.240. The monoisotopic (exact) mass is 635 g/mol. The molecule has 9 nitrogen and oxygen atoms in total. The van der Waals surface area contributed by atoms with Crippen molar-refractivity contribution in [1.29, 1.82) is 0 Å². The molecule has 2 atom stereocenters. The topological polar surface area (TPSA) is 123 Å². The van der Waals surface area contributed by atoms with Crippen LogP contribution >= 0.6 is 0 Å². The zero-order valence-corrected chi connectivity index (χ0v) is 24.3. The number of likely N-dealkylation sites (tertiary alicyclic amines) is 1. The van der Waals surface area contributed by atoms with Gasteiger partial charge in [-0.1, -0.05) is 42.5 Å². The van der Waals surface area contributed by atoms with Crippen LogP contribution in [0.25, 0.3) is 0 Å². The molecule has 0 radical (unpaired) electrons. The summed E-state index contributed by atoms with van der Waals surface area (Å²) in [4.78, 5) is 32.2. The van der Waals surface area contributed by atoms with Gasteiger partial charge < -0.3 is 20.5 Å². The molecule has 1 saturated heterocycles. The number of nitrogens with one attached hydrogen (secondary N) is 1. The van der Waals surface area contributed by atoms with E-state index >= 15 is 0 Å². The third kappa shape index (κ3) is 7.98. The molecule has 45 heavy (non-hydrogen) atoms. The van der Waals surface area contributed by atoms with Crippen molar-refractivity contribution in [2.75, 3.05) is 18.8 Å². The number of nitrogens with zero attached hydrogens (tertiary/aromatic N) is 3. The minimum absolute atomic E-state index is 0.0698. The number of aromatic nitrogens is 2. The van der Waals surface area contributed by atoms with Gasteiger partial charge in [-0.3, -0.25) is 14.2 Å². The summed E-state index contributed by atoms with van der Waals surface area (Å²) in [6.07, 6.45) is -3.71. The van der Waals surface area contributed by atoms with Crippen LogP contribution in [-0.2, 0) is 17.9 Å². The predicted molar refractivity (Wildman–Crippen MR) is 155 cm³/mol. The van der Waals surface area contributed by atoms with Crippen LogP contribution in [0.3, 0.4) is 0 Å². The number of ether oxygens (including phenoxy) is 1. The lowest BCUT2D eigenvalue weighted by atomic mass is 9.73. The minimum Gasteiger partial charge on any atom is -0.437 e. The van der Waals surface area contributed by atoms with Gasteiger partial charge in [-0.05, 0) is 42.5 Å². The van der Waals surface area contributed by atoms with Crippen molar-refractivity contribution in [2.45, 2.75) is 68.9 Å². The molecule has 4 N–H and O–H groups in total. The standard InChI is InChI=1S/C31H34F5N5O4/c32-30(33)11-10-23(24(16-30)21-4-2-1-3-5-21)27(42)40-14-12-29(44,13-15-40)18-41-19-38-26(25(37)28(41)43)45-22-8-6-20(7-9-22)17-39-31(34,35)36/h1-9,19,23-24,39,44H,10-18,37H2/t23-,24+/m1/s1. The maximum absolute atomic E-state index is 14.4. The molecule has 14 heteroatoms. The van der Waals surface area contributed by atoms with E-state index < -0.39 is 48.2 Å². The average molecular weight is 636 g/mol. The van der Waals surface area contributed by atoms with Crippen LogP contribution < -0.4 is 21.3 Å². The van der Waals surface area contributed by atoms with Crippen molar-refractivity contribution in [3.05, 3.63) is 82.4 Å². The number of hydrogen-bond donors (Lipinski definition) is 3. The molecule has 2 aromatic carbocycles. The van der Waals surface area contributed by atoms with E-state index in [1.54, 1.807) is 35.2 Å². The Morgan fingerprint density at radius 3 is 2.38 bits per heavy atom. The van der Waals surface area contributed by atoms with Crippen LogP contribution in [0.15, 0.2) is 65.7 Å². The summed E-state index contributed by atoms with van der Waals surface area (Å²) in [7, 11) is 0. The summed E-state index contributed by atoms with van der Waals surface area (Å²) < 4.78 is 72.5. The van der Waals surface area contributed by atoms with Gasteiger partial charge in [0.1, 0.15) is 12.1 Å². The molecular weight excluding hydrogens is 601 g/mol. The van der Waals surface area contributed by atoms with E-state index in [1.807, 2.05) is 0 Å². The maximum Gasteiger partial charge on any atom is 0.457 e. The first-order valence-corrected chi connectivity index (χ1v) is 14.6. The SMILES string of the molecule is Nc1c(Oc2ccc(CNC(F)(F)F)cc2)ncn(CC2(O)CCN(C(=O)[C@@H]3CCC(F)(F)C[C@H]3c3ccccc3)CC2)c1=O. The highest BCUT2D eigenvalue weighted by atomic mass is 19.4. The van der Waals surface area contributed by atoms with Gasteiger partial charge in [-0.15, -0.1) is 0 Å². The summed E-state index contributed by atoms with van der Waals surface area (Å²) >= 11 is 0. The molecule has 1 aliphatic heterocycles. The van der Waals surface area contributed by atoms with Gasteiger partial charge in [0.2, 0.25) is 17.7 Å². The number of alkyl halides is 5. The molecule has 2 aliphatic rings. The highest BCUT2D eigenvalue weighted by Crippen LogP contribution is 2.46. The lowest BCUT2D eigenvalue weighted by Crippen LogP contribution is -2.52. The molecule has 242 valence electrons. The summed E-state index contributed by atoms with van der Waals surface area (Å²) in [6, 6.07) is 14.5. The minimum atomic E-state index is -4.51. The van der Waals surface area contributed by atoms with E-state index in [4.69, 9.17) is 10.5 Å². The fraction of sp³-hybridized carbons (Fsp3) is 0.452. The van der Waals surface area contributed by atoms with Crippen LogP contribution in [0.1, 0.15) is 49.1 Å². The second-order valence-corrected chi connectivity index (χ2v) is 11.8. The Hall–Kier alpha value is -4.04. The smallest absolute Gasteiger partial charge is 0.437 e. The van der Waals surface area contributed by atoms with Crippen LogP contribution in [0.5, 0.6) is 11.6 Å². The molecule has 1 aliphatic carbocycles. The molecule has 0 bridgehead atoms. The number of halogens is 5. The number of anilines is 1. The zero-order valence-electron chi connectivity index (χ0n) is 24.3. The van der Waals surface area contributed by atoms with E-state index in [9.17, 15) is 36.6 Å². The second kappa shape index (κ2) is 12.8. The van der Waals surface area contributed by atoms with Gasteiger partial charge >= 0.3 is 6.30 Å². The first-order chi connectivity index (χ1) is 21.2. The molecule has 1 aromatic heterocycles. The van der Waals surface area contributed by atoms with Crippen molar-refractivity contribution in [2.24, 2.45) is 5.92 Å². The Morgan fingerprint density at radius 2 is 1.73 bits per heavy atom. The Kier molecular flexibility index (Phi) is 9.17. The first kappa shape index (κ1) is 32.4. The Labute approximate surface area is 255 Å². The third-order valence-electron chi connectivity index (χ3n) is 8.51. The normalized spacial score (nSPS) is 21.3. The van der Waals surface area contributed by atoms with Crippen molar-refractivity contribution in [3.63, 3.8) is 0 Å². The fourth-order valence-corrected chi connectivity index (χ4v) is 6.01. The number of aliphatic hydroxyl groups is 1. The van der Waals surface area contributed by atoms with E-state index in [-0.39, 0.29) is 68.5 Å². The van der Waals surface area contributed by atoms with Crippen LogP contribution in [0, 0.1) is 5.92 Å². The summed E-state index contributed by atoms with van der Waals surface area (Å²) in [5.74, 6) is -4.25. The molecular formula is C31H34F5N5O4. The highest BCUT2D eigenvalue weighted by Gasteiger charge is 2.46. The average Bonchev–Trinajstić information content (AvgIpc) is 3.00. The maximum atomic E-state index is 14.4. The van der Waals surface area contributed by atoms with E-state index in [0.717, 1.165) is 4.57 Å². The fourth-order valence-electron chi connectivity index (χ4n) is 6.01. The molecule has 2 heterocycles. The molecule has 0 spiro atoms. The van der Waals surface area contributed by atoms with Crippen molar-refractivity contribution in [3.8, 4) is 11.6 Å². The number of benzene rings is 2. The summed E-state index contributed by atoms with van der Waals surface area (Å²) in [5.41, 5.74) is 4.71. The van der Waals surface area contributed by atoms with E-state index in [2.05, 4.69) is 4.98 Å². The molecule has 3 aromatic rings. The highest BCUT2D eigenvalue weighted by molar-refractivity contribution is 5.80. The predicted octanol–water partition coefficient (Wildman–Crippen LogP) is 4.80. The number of rotatable bonds is 8. The van der Waals surface area contributed by atoms with Gasteiger partial charge in [0.05, 0.1) is 12.1 Å². The zero-order chi connectivity index (χ0) is 32.4. The van der Waals surface area contributed by atoms with E-state index in [0.29, 0.717) is 11.1 Å². The van der Waals surface area contributed by atoms with Crippen molar-refractivity contribution < 1.29 is 36.6 Å². The first-order valence-electron chi connectivity index (χ1n) is 14.6. The number of amides is 1. The van der Waals surface area contributed by atoms with Gasteiger partial charge in [-0.2, -0.15) is 13.2 Å². The number of piperidine rings is 1. The van der Waals surface area contributed by atoms with Gasteiger partial charge in [-0.25, -0.2) is 19.1 Å². The lowest BCUT2D eigenvalue weighted by Gasteiger charge is -2.42. The number of carbonyl (C=O) groups is 1. The van der Waals surface area contributed by atoms with Crippen molar-refractivity contribution in [1.82, 2.24) is 19.8 Å². The van der Waals surface area contributed by atoms with Gasteiger partial charge in [0, 0.05) is 44.3 Å².